The van der Waals surface area contributed by atoms with E-state index in [1.807, 2.05) is 37.3 Å². The number of anilines is 1. The molecule has 3 nitrogen and oxygen atoms in total. The van der Waals surface area contributed by atoms with Crippen molar-refractivity contribution in [2.75, 3.05) is 19.1 Å². The molecule has 0 fully saturated rings. The number of rotatable bonds is 5. The van der Waals surface area contributed by atoms with Gasteiger partial charge in [-0.05, 0) is 47.9 Å². The van der Waals surface area contributed by atoms with Gasteiger partial charge >= 0.3 is 0 Å². The highest BCUT2D eigenvalue weighted by molar-refractivity contribution is 5.50. The van der Waals surface area contributed by atoms with Crippen LogP contribution in [0.5, 0.6) is 5.75 Å². The fraction of sp³-hybridized carbons (Fsp3) is 0.294. The second-order valence-corrected chi connectivity index (χ2v) is 4.98. The summed E-state index contributed by atoms with van der Waals surface area (Å²) in [6, 6.07) is 14.2. The maximum atomic E-state index is 9.21. The normalized spacial score (nSPS) is 10.4. The third-order valence-electron chi connectivity index (χ3n) is 3.49. The number of hydrogen-bond acceptors (Lipinski definition) is 3. The summed E-state index contributed by atoms with van der Waals surface area (Å²) in [4.78, 5) is 2.18. The molecule has 0 aliphatic rings. The van der Waals surface area contributed by atoms with Gasteiger partial charge in [0.25, 0.3) is 0 Å². The molecule has 0 bridgehead atoms. The Labute approximate surface area is 120 Å². The van der Waals surface area contributed by atoms with Crippen molar-refractivity contribution in [2.24, 2.45) is 0 Å². The second-order valence-electron chi connectivity index (χ2n) is 4.98. The molecule has 1 N–H and O–H groups in total. The third kappa shape index (κ3) is 3.31. The lowest BCUT2D eigenvalue weighted by Crippen LogP contribution is -2.16. The summed E-state index contributed by atoms with van der Waals surface area (Å²) < 4.78 is 5.25. The lowest BCUT2D eigenvalue weighted by molar-refractivity contribution is 0.281. The lowest BCUT2D eigenvalue weighted by atomic mass is 10.1. The van der Waals surface area contributed by atoms with Crippen molar-refractivity contribution in [1.82, 2.24) is 0 Å². The molecule has 3 heteroatoms. The summed E-state index contributed by atoms with van der Waals surface area (Å²) in [5, 5.41) is 9.21. The van der Waals surface area contributed by atoms with Gasteiger partial charge in [-0.3, -0.25) is 0 Å². The molecule has 106 valence electrons. The average molecular weight is 271 g/mol. The fourth-order valence-electron chi connectivity index (χ4n) is 2.23. The van der Waals surface area contributed by atoms with E-state index in [1.165, 1.54) is 5.56 Å². The number of nitrogens with zero attached hydrogens (tertiary/aromatic N) is 1. The Morgan fingerprint density at radius 2 is 1.95 bits per heavy atom. The van der Waals surface area contributed by atoms with Crippen LogP contribution in [0.15, 0.2) is 42.5 Å². The second kappa shape index (κ2) is 6.44. The summed E-state index contributed by atoms with van der Waals surface area (Å²) in [6.07, 6.45) is 0. The minimum Gasteiger partial charge on any atom is -0.497 e. The Bertz CT molecular complexity index is 581. The Balaban J connectivity index is 2.14. The Morgan fingerprint density at radius 1 is 1.15 bits per heavy atom. The zero-order valence-corrected chi connectivity index (χ0v) is 12.3. The molecule has 0 heterocycles. The first-order valence-electron chi connectivity index (χ1n) is 6.68. The maximum Gasteiger partial charge on any atom is 0.119 e. The third-order valence-corrected chi connectivity index (χ3v) is 3.49. The molecule has 2 aromatic rings. The molecule has 0 aromatic heterocycles. The summed E-state index contributed by atoms with van der Waals surface area (Å²) in [7, 11) is 3.74. The molecule has 0 amide bonds. The molecule has 0 saturated heterocycles. The van der Waals surface area contributed by atoms with Crippen LogP contribution in [0.2, 0.25) is 0 Å². The molecule has 0 aliphatic carbocycles. The molecular weight excluding hydrogens is 250 g/mol. The van der Waals surface area contributed by atoms with Gasteiger partial charge < -0.3 is 14.7 Å². The monoisotopic (exact) mass is 271 g/mol. The van der Waals surface area contributed by atoms with Crippen molar-refractivity contribution in [2.45, 2.75) is 20.1 Å². The first-order valence-corrected chi connectivity index (χ1v) is 6.68. The standard InChI is InChI=1S/C17H21NO2/c1-13-9-16(8-7-15(13)12-19)18(2)11-14-5-4-6-17(10-14)20-3/h4-10,19H,11-12H2,1-3H3. The van der Waals surface area contributed by atoms with Gasteiger partial charge in [0.15, 0.2) is 0 Å². The van der Waals surface area contributed by atoms with Gasteiger partial charge in [-0.15, -0.1) is 0 Å². The molecule has 2 aromatic carbocycles. The van der Waals surface area contributed by atoms with Crippen LogP contribution in [0.3, 0.4) is 0 Å². The molecule has 20 heavy (non-hydrogen) atoms. The number of hydrogen-bond donors (Lipinski definition) is 1. The van der Waals surface area contributed by atoms with Gasteiger partial charge in [-0.25, -0.2) is 0 Å². The SMILES string of the molecule is COc1cccc(CN(C)c2ccc(CO)c(C)c2)c1. The summed E-state index contributed by atoms with van der Waals surface area (Å²) in [5.41, 5.74) is 4.43. The van der Waals surface area contributed by atoms with E-state index in [0.717, 1.165) is 29.1 Å². The van der Waals surface area contributed by atoms with Gasteiger partial charge in [0, 0.05) is 19.3 Å². The molecule has 0 atom stereocenters. The van der Waals surface area contributed by atoms with Crippen LogP contribution in [0.1, 0.15) is 16.7 Å². The van der Waals surface area contributed by atoms with E-state index >= 15 is 0 Å². The molecular formula is C17H21NO2. The molecule has 0 unspecified atom stereocenters. The predicted octanol–water partition coefficient (Wildman–Crippen LogP) is 3.13. The maximum absolute atomic E-state index is 9.21. The summed E-state index contributed by atoms with van der Waals surface area (Å²) in [5.74, 6) is 0.878. The van der Waals surface area contributed by atoms with Crippen LogP contribution < -0.4 is 9.64 Å². The Kier molecular flexibility index (Phi) is 4.64. The first-order chi connectivity index (χ1) is 9.63. The van der Waals surface area contributed by atoms with E-state index in [-0.39, 0.29) is 6.61 Å². The smallest absolute Gasteiger partial charge is 0.119 e. The van der Waals surface area contributed by atoms with Crippen molar-refractivity contribution >= 4 is 5.69 Å². The van der Waals surface area contributed by atoms with Crippen LogP contribution in [-0.2, 0) is 13.2 Å². The average Bonchev–Trinajstić information content (AvgIpc) is 2.47. The first kappa shape index (κ1) is 14.4. The van der Waals surface area contributed by atoms with E-state index in [4.69, 9.17) is 4.74 Å². The molecule has 0 saturated carbocycles. The highest BCUT2D eigenvalue weighted by Crippen LogP contribution is 2.21. The van der Waals surface area contributed by atoms with Crippen molar-refractivity contribution in [3.8, 4) is 5.75 Å². The zero-order chi connectivity index (χ0) is 14.5. The van der Waals surface area contributed by atoms with Crippen LogP contribution in [0, 0.1) is 6.92 Å². The van der Waals surface area contributed by atoms with E-state index < -0.39 is 0 Å². The van der Waals surface area contributed by atoms with Crippen molar-refractivity contribution < 1.29 is 9.84 Å². The number of benzene rings is 2. The molecule has 0 radical (unpaired) electrons. The zero-order valence-electron chi connectivity index (χ0n) is 12.3. The predicted molar refractivity (Wildman–Crippen MR) is 82.2 cm³/mol. The van der Waals surface area contributed by atoms with Gasteiger partial charge in [0.1, 0.15) is 5.75 Å². The Hall–Kier alpha value is -2.00. The van der Waals surface area contributed by atoms with Crippen LogP contribution >= 0.6 is 0 Å². The van der Waals surface area contributed by atoms with Gasteiger partial charge in [0.05, 0.1) is 13.7 Å². The van der Waals surface area contributed by atoms with E-state index in [9.17, 15) is 5.11 Å². The van der Waals surface area contributed by atoms with E-state index in [1.54, 1.807) is 7.11 Å². The number of aryl methyl sites for hydroxylation is 1. The molecule has 2 rings (SSSR count). The van der Waals surface area contributed by atoms with Gasteiger partial charge in [0.2, 0.25) is 0 Å². The van der Waals surface area contributed by atoms with Crippen molar-refractivity contribution in [3.05, 3.63) is 59.2 Å². The Morgan fingerprint density at radius 3 is 2.60 bits per heavy atom. The molecule has 0 spiro atoms. The van der Waals surface area contributed by atoms with Gasteiger partial charge in [-0.2, -0.15) is 0 Å². The lowest BCUT2D eigenvalue weighted by Gasteiger charge is -2.21. The number of methoxy groups -OCH3 is 1. The summed E-state index contributed by atoms with van der Waals surface area (Å²) in [6.45, 7) is 2.93. The van der Waals surface area contributed by atoms with Gasteiger partial charge in [-0.1, -0.05) is 18.2 Å². The van der Waals surface area contributed by atoms with Crippen molar-refractivity contribution in [1.29, 1.82) is 0 Å². The molecule has 0 aliphatic heterocycles. The quantitative estimate of drug-likeness (QED) is 0.907. The number of aliphatic hydroxyl groups excluding tert-OH is 1. The number of aliphatic hydroxyl groups is 1. The number of ether oxygens (including phenoxy) is 1. The fourth-order valence-corrected chi connectivity index (χ4v) is 2.23. The largest absolute Gasteiger partial charge is 0.497 e. The van der Waals surface area contributed by atoms with E-state index in [0.29, 0.717) is 0 Å². The topological polar surface area (TPSA) is 32.7 Å². The summed E-state index contributed by atoms with van der Waals surface area (Å²) >= 11 is 0. The minimum atomic E-state index is 0.0890. The van der Waals surface area contributed by atoms with Crippen molar-refractivity contribution in [3.63, 3.8) is 0 Å². The highest BCUT2D eigenvalue weighted by atomic mass is 16.5. The minimum absolute atomic E-state index is 0.0890. The highest BCUT2D eigenvalue weighted by Gasteiger charge is 2.05. The van der Waals surface area contributed by atoms with E-state index in [2.05, 4.69) is 24.1 Å². The van der Waals surface area contributed by atoms with Crippen LogP contribution in [-0.4, -0.2) is 19.3 Å². The van der Waals surface area contributed by atoms with Crippen LogP contribution in [0.4, 0.5) is 5.69 Å². The van der Waals surface area contributed by atoms with Crippen LogP contribution in [0.25, 0.3) is 0 Å².